The molecule has 1 heterocycles. The molecule has 4 nitrogen and oxygen atoms in total. The molecule has 1 unspecified atom stereocenters. The van der Waals surface area contributed by atoms with Crippen LogP contribution in [-0.4, -0.2) is 29.3 Å². The van der Waals surface area contributed by atoms with Crippen LogP contribution in [0.4, 0.5) is 4.39 Å². The van der Waals surface area contributed by atoms with Gasteiger partial charge in [-0.05, 0) is 24.6 Å². The average molecular weight is 271 g/mol. The predicted octanol–water partition coefficient (Wildman–Crippen LogP) is 1.33. The van der Waals surface area contributed by atoms with E-state index in [0.29, 0.717) is 5.56 Å². The molecule has 0 bridgehead atoms. The molecule has 2 rings (SSSR count). The first kappa shape index (κ1) is 12.8. The molecule has 96 valence electrons. The number of hydrogen-bond acceptors (Lipinski definition) is 2. The van der Waals surface area contributed by atoms with Gasteiger partial charge in [-0.25, -0.2) is 4.39 Å². The molecule has 1 aliphatic heterocycles. The van der Waals surface area contributed by atoms with E-state index in [0.717, 1.165) is 0 Å². The fourth-order valence-corrected chi connectivity index (χ4v) is 2.07. The van der Waals surface area contributed by atoms with Gasteiger partial charge in [0, 0.05) is 6.54 Å². The van der Waals surface area contributed by atoms with Gasteiger partial charge in [-0.1, -0.05) is 17.7 Å². The minimum Gasteiger partial charge on any atom is -0.343 e. The standard InChI is InChI=1S/C12H12ClFN2O2/c1-7-12(18)16(6-11(17)15-7)5-8-2-3-10(14)9(13)4-8/h2-4,7H,5-6H2,1H3,(H,15,17). The van der Waals surface area contributed by atoms with Crippen molar-refractivity contribution in [2.24, 2.45) is 0 Å². The van der Waals surface area contributed by atoms with E-state index in [1.165, 1.54) is 17.0 Å². The van der Waals surface area contributed by atoms with E-state index in [9.17, 15) is 14.0 Å². The summed E-state index contributed by atoms with van der Waals surface area (Å²) in [5, 5.41) is 2.56. The summed E-state index contributed by atoms with van der Waals surface area (Å²) in [6.07, 6.45) is 0. The van der Waals surface area contributed by atoms with E-state index in [1.807, 2.05) is 0 Å². The normalized spacial score (nSPS) is 19.9. The fourth-order valence-electron chi connectivity index (χ4n) is 1.87. The zero-order valence-electron chi connectivity index (χ0n) is 9.74. The predicted molar refractivity (Wildman–Crippen MR) is 64.4 cm³/mol. The van der Waals surface area contributed by atoms with Crippen molar-refractivity contribution in [2.75, 3.05) is 6.54 Å². The van der Waals surface area contributed by atoms with Crippen molar-refractivity contribution in [1.82, 2.24) is 10.2 Å². The second-order valence-electron chi connectivity index (χ2n) is 4.23. The van der Waals surface area contributed by atoms with Crippen LogP contribution in [0.5, 0.6) is 0 Å². The number of rotatable bonds is 2. The van der Waals surface area contributed by atoms with Crippen molar-refractivity contribution in [3.63, 3.8) is 0 Å². The first-order chi connectivity index (χ1) is 8.47. The molecule has 1 aromatic rings. The number of carbonyl (C=O) groups is 2. The Morgan fingerprint density at radius 2 is 2.22 bits per heavy atom. The Bertz CT molecular complexity index is 507. The number of nitrogens with zero attached hydrogens (tertiary/aromatic N) is 1. The summed E-state index contributed by atoms with van der Waals surface area (Å²) < 4.78 is 13.0. The zero-order valence-corrected chi connectivity index (χ0v) is 10.5. The summed E-state index contributed by atoms with van der Waals surface area (Å²) in [6, 6.07) is 3.73. The topological polar surface area (TPSA) is 49.4 Å². The van der Waals surface area contributed by atoms with Gasteiger partial charge in [0.05, 0.1) is 11.6 Å². The lowest BCUT2D eigenvalue weighted by Crippen LogP contribution is -2.56. The van der Waals surface area contributed by atoms with Gasteiger partial charge in [-0.2, -0.15) is 0 Å². The quantitative estimate of drug-likeness (QED) is 0.881. The molecule has 0 spiro atoms. The van der Waals surface area contributed by atoms with Crippen molar-refractivity contribution in [3.8, 4) is 0 Å². The van der Waals surface area contributed by atoms with Gasteiger partial charge >= 0.3 is 0 Å². The highest BCUT2D eigenvalue weighted by Crippen LogP contribution is 2.18. The first-order valence-electron chi connectivity index (χ1n) is 5.49. The van der Waals surface area contributed by atoms with Crippen LogP contribution < -0.4 is 5.32 Å². The number of benzene rings is 1. The summed E-state index contributed by atoms with van der Waals surface area (Å²) in [6.45, 7) is 1.89. The molecule has 0 aliphatic carbocycles. The molecule has 1 aliphatic rings. The molecular weight excluding hydrogens is 259 g/mol. The molecular formula is C12H12ClFN2O2. The number of halogens is 2. The molecule has 18 heavy (non-hydrogen) atoms. The Balaban J connectivity index is 2.14. The van der Waals surface area contributed by atoms with E-state index >= 15 is 0 Å². The van der Waals surface area contributed by atoms with Crippen molar-refractivity contribution < 1.29 is 14.0 Å². The minimum absolute atomic E-state index is 0.00876. The lowest BCUT2D eigenvalue weighted by molar-refractivity contribution is -0.144. The Morgan fingerprint density at radius 3 is 2.89 bits per heavy atom. The molecule has 1 saturated heterocycles. The van der Waals surface area contributed by atoms with Crippen LogP contribution >= 0.6 is 11.6 Å². The zero-order chi connectivity index (χ0) is 13.3. The fraction of sp³-hybridized carbons (Fsp3) is 0.333. The number of nitrogens with one attached hydrogen (secondary N) is 1. The van der Waals surface area contributed by atoms with Crippen LogP contribution in [0.2, 0.25) is 5.02 Å². The van der Waals surface area contributed by atoms with Crippen molar-refractivity contribution >= 4 is 23.4 Å². The Morgan fingerprint density at radius 1 is 1.50 bits per heavy atom. The second-order valence-corrected chi connectivity index (χ2v) is 4.64. The van der Waals surface area contributed by atoms with Crippen molar-refractivity contribution in [3.05, 3.63) is 34.6 Å². The van der Waals surface area contributed by atoms with Gasteiger partial charge in [0.2, 0.25) is 11.8 Å². The summed E-state index contributed by atoms with van der Waals surface area (Å²) in [7, 11) is 0. The Kier molecular flexibility index (Phi) is 3.52. The highest BCUT2D eigenvalue weighted by Gasteiger charge is 2.29. The maximum atomic E-state index is 13.0. The third kappa shape index (κ3) is 2.61. The lowest BCUT2D eigenvalue weighted by Gasteiger charge is -2.30. The molecule has 0 aromatic heterocycles. The SMILES string of the molecule is CC1NC(=O)CN(Cc2ccc(F)c(Cl)c2)C1=O. The van der Waals surface area contributed by atoms with Crippen LogP contribution in [0.15, 0.2) is 18.2 Å². The van der Waals surface area contributed by atoms with Crippen LogP contribution in [0.3, 0.4) is 0 Å². The second kappa shape index (κ2) is 4.94. The highest BCUT2D eigenvalue weighted by atomic mass is 35.5. The maximum absolute atomic E-state index is 13.0. The van der Waals surface area contributed by atoms with Crippen LogP contribution in [0.25, 0.3) is 0 Å². The largest absolute Gasteiger partial charge is 0.343 e. The number of hydrogen-bond donors (Lipinski definition) is 1. The summed E-state index contributed by atoms with van der Waals surface area (Å²) >= 11 is 5.67. The summed E-state index contributed by atoms with van der Waals surface area (Å²) in [4.78, 5) is 24.6. The monoisotopic (exact) mass is 270 g/mol. The smallest absolute Gasteiger partial charge is 0.245 e. The summed E-state index contributed by atoms with van der Waals surface area (Å²) in [5.41, 5.74) is 0.691. The Hall–Kier alpha value is -1.62. The van der Waals surface area contributed by atoms with E-state index in [2.05, 4.69) is 5.32 Å². The van der Waals surface area contributed by atoms with Crippen molar-refractivity contribution in [1.29, 1.82) is 0 Å². The summed E-state index contributed by atoms with van der Waals surface area (Å²) in [5.74, 6) is -0.859. The molecule has 1 aromatic carbocycles. The van der Waals surface area contributed by atoms with Gasteiger partial charge < -0.3 is 10.2 Å². The minimum atomic E-state index is -0.526. The molecule has 1 atom stereocenters. The van der Waals surface area contributed by atoms with E-state index in [-0.39, 0.29) is 29.9 Å². The number of piperazine rings is 1. The van der Waals surface area contributed by atoms with Crippen molar-refractivity contribution in [2.45, 2.75) is 19.5 Å². The highest BCUT2D eigenvalue weighted by molar-refractivity contribution is 6.30. The molecule has 2 amide bonds. The van der Waals surface area contributed by atoms with E-state index < -0.39 is 11.9 Å². The van der Waals surface area contributed by atoms with E-state index in [1.54, 1.807) is 13.0 Å². The maximum Gasteiger partial charge on any atom is 0.245 e. The molecule has 1 fully saturated rings. The first-order valence-corrected chi connectivity index (χ1v) is 5.87. The lowest BCUT2D eigenvalue weighted by atomic mass is 10.1. The molecule has 0 saturated carbocycles. The Labute approximate surface area is 109 Å². The number of amides is 2. The van der Waals surface area contributed by atoms with Crippen LogP contribution in [0.1, 0.15) is 12.5 Å². The third-order valence-electron chi connectivity index (χ3n) is 2.75. The van der Waals surface area contributed by atoms with Gasteiger partial charge in [-0.3, -0.25) is 9.59 Å². The van der Waals surface area contributed by atoms with Gasteiger partial charge in [0.15, 0.2) is 0 Å². The van der Waals surface area contributed by atoms with Gasteiger partial charge in [0.1, 0.15) is 11.9 Å². The van der Waals surface area contributed by atoms with Gasteiger partial charge in [-0.15, -0.1) is 0 Å². The molecule has 6 heteroatoms. The third-order valence-corrected chi connectivity index (χ3v) is 3.04. The average Bonchev–Trinajstić information content (AvgIpc) is 2.30. The number of carbonyl (C=O) groups excluding carboxylic acids is 2. The molecule has 0 radical (unpaired) electrons. The van der Waals surface area contributed by atoms with Gasteiger partial charge in [0.25, 0.3) is 0 Å². The van der Waals surface area contributed by atoms with Crippen LogP contribution in [0, 0.1) is 5.82 Å². The van der Waals surface area contributed by atoms with E-state index in [4.69, 9.17) is 11.6 Å². The molecule has 1 N–H and O–H groups in total. The van der Waals surface area contributed by atoms with Crippen LogP contribution in [-0.2, 0) is 16.1 Å².